The van der Waals surface area contributed by atoms with Gasteiger partial charge in [0.2, 0.25) is 5.88 Å². The molecule has 0 radical (unpaired) electrons. The molecule has 3 heterocycles. The van der Waals surface area contributed by atoms with Crippen molar-refractivity contribution >= 4 is 23.1 Å². The maximum absolute atomic E-state index is 6.36. The summed E-state index contributed by atoms with van der Waals surface area (Å²) in [7, 11) is 4.05. The van der Waals surface area contributed by atoms with Crippen LogP contribution in [-0.2, 0) is 6.42 Å². The third-order valence-electron chi connectivity index (χ3n) is 4.41. The minimum Gasteiger partial charge on any atom is -0.477 e. The van der Waals surface area contributed by atoms with Crippen molar-refractivity contribution in [3.8, 4) is 11.9 Å². The van der Waals surface area contributed by atoms with Crippen molar-refractivity contribution in [3.05, 3.63) is 34.7 Å². The van der Waals surface area contributed by atoms with Gasteiger partial charge >= 0.3 is 6.01 Å². The topological polar surface area (TPSA) is 104 Å². The van der Waals surface area contributed by atoms with Gasteiger partial charge < -0.3 is 20.1 Å². The lowest BCUT2D eigenvalue weighted by Crippen LogP contribution is -2.15. The third-order valence-corrected chi connectivity index (χ3v) is 4.68. The Bertz CT molecular complexity index is 977. The average molecular weight is 434 g/mol. The molecule has 0 aromatic carbocycles. The molecule has 0 aliphatic heterocycles. The van der Waals surface area contributed by atoms with Crippen molar-refractivity contribution in [1.82, 2.24) is 29.5 Å². The number of nitrogens with two attached hydrogens (primary N) is 1. The zero-order valence-corrected chi connectivity index (χ0v) is 18.4. The van der Waals surface area contributed by atoms with E-state index in [-0.39, 0.29) is 11.8 Å². The molecule has 3 aromatic heterocycles. The zero-order chi connectivity index (χ0) is 21.5. The second-order valence-corrected chi connectivity index (χ2v) is 7.69. The minimum absolute atomic E-state index is 0.241. The van der Waals surface area contributed by atoms with Gasteiger partial charge in [-0.05, 0) is 38.6 Å². The van der Waals surface area contributed by atoms with Gasteiger partial charge in [-0.25, -0.2) is 14.5 Å². The molecule has 30 heavy (non-hydrogen) atoms. The van der Waals surface area contributed by atoms with E-state index < -0.39 is 0 Å². The van der Waals surface area contributed by atoms with Gasteiger partial charge in [-0.2, -0.15) is 4.98 Å². The molecule has 0 amide bonds. The van der Waals surface area contributed by atoms with E-state index >= 15 is 0 Å². The highest BCUT2D eigenvalue weighted by molar-refractivity contribution is 6.31. The van der Waals surface area contributed by atoms with Gasteiger partial charge in [0.25, 0.3) is 0 Å². The Morgan fingerprint density at radius 3 is 2.67 bits per heavy atom. The van der Waals surface area contributed by atoms with Gasteiger partial charge in [-0.15, -0.1) is 5.10 Å². The molecule has 0 atom stereocenters. The van der Waals surface area contributed by atoms with E-state index in [1.807, 2.05) is 20.2 Å². The largest absolute Gasteiger partial charge is 0.477 e. The average Bonchev–Trinajstić information content (AvgIpc) is 3.10. The van der Waals surface area contributed by atoms with Crippen LogP contribution in [0.2, 0.25) is 5.02 Å². The first-order valence-electron chi connectivity index (χ1n) is 10.0. The predicted octanol–water partition coefficient (Wildman–Crippen LogP) is 2.86. The molecule has 0 saturated heterocycles. The number of halogens is 1. The Morgan fingerprint density at radius 1 is 1.13 bits per heavy atom. The van der Waals surface area contributed by atoms with Crippen molar-refractivity contribution in [2.45, 2.75) is 32.6 Å². The minimum atomic E-state index is 0.241. The first-order valence-corrected chi connectivity index (χ1v) is 10.4. The monoisotopic (exact) mass is 433 g/mol. The lowest BCUT2D eigenvalue weighted by molar-refractivity contribution is 0.273. The van der Waals surface area contributed by atoms with Gasteiger partial charge in [0.15, 0.2) is 11.5 Å². The number of imidazole rings is 1. The van der Waals surface area contributed by atoms with E-state index in [1.54, 1.807) is 16.9 Å². The smallest absolute Gasteiger partial charge is 0.336 e. The summed E-state index contributed by atoms with van der Waals surface area (Å²) < 4.78 is 12.9. The number of anilines is 1. The van der Waals surface area contributed by atoms with Gasteiger partial charge in [0.05, 0.1) is 25.1 Å². The fourth-order valence-electron chi connectivity index (χ4n) is 2.84. The van der Waals surface area contributed by atoms with Crippen LogP contribution >= 0.6 is 11.6 Å². The molecule has 0 aliphatic rings. The number of hydrogen-bond donors (Lipinski definition) is 1. The molecule has 9 nitrogen and oxygen atoms in total. The number of nitrogen functional groups attached to an aromatic ring is 1. The van der Waals surface area contributed by atoms with Crippen molar-refractivity contribution in [1.29, 1.82) is 0 Å². The maximum atomic E-state index is 6.36. The van der Waals surface area contributed by atoms with Crippen LogP contribution in [0.4, 0.5) is 5.82 Å². The predicted molar refractivity (Wildman–Crippen MR) is 116 cm³/mol. The number of rotatable bonds is 11. The van der Waals surface area contributed by atoms with Gasteiger partial charge in [0.1, 0.15) is 5.02 Å². The number of nitrogens with zero attached hydrogens (tertiary/aromatic N) is 6. The number of unbranched alkanes of at least 4 members (excludes halogenated alkanes) is 1. The van der Waals surface area contributed by atoms with Gasteiger partial charge in [-0.1, -0.05) is 24.9 Å². The standard InChI is InChI=1S/C20H28ClN7O2/c1-4-5-8-30-20-25-17(22)18-23-13-15(28(18)26-20)10-14-11-16(21)19(24-12-14)29-9-6-7-27(2)3/h11-13H,4-10H2,1-3H3,(H2,22,25,26). The number of aromatic nitrogens is 5. The van der Waals surface area contributed by atoms with Gasteiger partial charge in [-0.3, -0.25) is 0 Å². The van der Waals surface area contributed by atoms with Crippen LogP contribution in [0.3, 0.4) is 0 Å². The Morgan fingerprint density at radius 2 is 1.93 bits per heavy atom. The lowest BCUT2D eigenvalue weighted by atomic mass is 10.2. The van der Waals surface area contributed by atoms with Crippen LogP contribution in [0, 0.1) is 0 Å². The van der Waals surface area contributed by atoms with Crippen LogP contribution in [0.25, 0.3) is 5.65 Å². The Kier molecular flexibility index (Phi) is 7.64. The first-order chi connectivity index (χ1) is 14.5. The molecule has 0 bridgehead atoms. The Labute approximate surface area is 181 Å². The molecular formula is C20H28ClN7O2. The highest BCUT2D eigenvalue weighted by Crippen LogP contribution is 2.24. The normalized spacial score (nSPS) is 11.4. The summed E-state index contributed by atoms with van der Waals surface area (Å²) in [6, 6.07) is 2.09. The van der Waals surface area contributed by atoms with Gasteiger partial charge in [0, 0.05) is 19.2 Å². The van der Waals surface area contributed by atoms with Crippen LogP contribution in [0.5, 0.6) is 11.9 Å². The highest BCUT2D eigenvalue weighted by atomic mass is 35.5. The second-order valence-electron chi connectivity index (χ2n) is 7.28. The van der Waals surface area contributed by atoms with E-state index in [4.69, 9.17) is 26.8 Å². The van der Waals surface area contributed by atoms with Crippen LogP contribution in [0.1, 0.15) is 37.4 Å². The van der Waals surface area contributed by atoms with E-state index in [9.17, 15) is 0 Å². The van der Waals surface area contributed by atoms with Crippen LogP contribution in [0.15, 0.2) is 18.5 Å². The molecule has 0 fully saturated rings. The number of fused-ring (bicyclic) bond motifs is 1. The molecule has 3 aromatic rings. The first kappa shape index (κ1) is 22.0. The quantitative estimate of drug-likeness (QED) is 0.460. The third kappa shape index (κ3) is 5.70. The summed E-state index contributed by atoms with van der Waals surface area (Å²) >= 11 is 6.36. The fourth-order valence-corrected chi connectivity index (χ4v) is 3.09. The molecule has 0 unspecified atom stereocenters. The molecule has 0 spiro atoms. The molecule has 0 saturated carbocycles. The Hall–Kier alpha value is -2.65. The van der Waals surface area contributed by atoms with Crippen molar-refractivity contribution in [3.63, 3.8) is 0 Å². The molecule has 2 N–H and O–H groups in total. The maximum Gasteiger partial charge on any atom is 0.336 e. The SMILES string of the molecule is CCCCOc1nc(N)c2ncc(Cc3cnc(OCCCN(C)C)c(Cl)c3)n2n1. The summed E-state index contributed by atoms with van der Waals surface area (Å²) in [5.41, 5.74) is 8.26. The summed E-state index contributed by atoms with van der Waals surface area (Å²) in [4.78, 5) is 15.0. The van der Waals surface area contributed by atoms with Crippen LogP contribution in [-0.4, -0.2) is 63.3 Å². The number of hydrogen-bond acceptors (Lipinski definition) is 8. The number of pyridine rings is 1. The van der Waals surface area contributed by atoms with E-state index in [2.05, 4.69) is 31.9 Å². The Balaban J connectivity index is 1.71. The molecule has 0 aliphatic carbocycles. The van der Waals surface area contributed by atoms with Crippen LogP contribution < -0.4 is 15.2 Å². The second kappa shape index (κ2) is 10.4. The van der Waals surface area contributed by atoms with E-state index in [1.165, 1.54) is 0 Å². The van der Waals surface area contributed by atoms with E-state index in [0.717, 1.165) is 37.1 Å². The molecule has 10 heteroatoms. The van der Waals surface area contributed by atoms with E-state index in [0.29, 0.717) is 36.2 Å². The van der Waals surface area contributed by atoms with Crippen molar-refractivity contribution < 1.29 is 9.47 Å². The zero-order valence-electron chi connectivity index (χ0n) is 17.6. The molecule has 162 valence electrons. The summed E-state index contributed by atoms with van der Waals surface area (Å²) in [6.45, 7) is 4.14. The molecular weight excluding hydrogens is 406 g/mol. The van der Waals surface area contributed by atoms with Crippen molar-refractivity contribution in [2.24, 2.45) is 0 Å². The summed E-state index contributed by atoms with van der Waals surface area (Å²) in [6.07, 6.45) is 6.84. The van der Waals surface area contributed by atoms with Crippen molar-refractivity contribution in [2.75, 3.05) is 39.6 Å². The summed E-state index contributed by atoms with van der Waals surface area (Å²) in [5.74, 6) is 0.718. The number of ether oxygens (including phenoxy) is 2. The molecule has 3 rings (SSSR count). The summed E-state index contributed by atoms with van der Waals surface area (Å²) in [5, 5.41) is 4.90. The lowest BCUT2D eigenvalue weighted by Gasteiger charge is -2.11. The highest BCUT2D eigenvalue weighted by Gasteiger charge is 2.14. The fraction of sp³-hybridized carbons (Fsp3) is 0.500.